The maximum absolute atomic E-state index is 6.38. The number of imidazole rings is 1. The molecule has 17 heavy (non-hydrogen) atoms. The molecule has 0 amide bonds. The summed E-state index contributed by atoms with van der Waals surface area (Å²) in [5.74, 6) is 1.43. The summed E-state index contributed by atoms with van der Waals surface area (Å²) < 4.78 is 7.89. The fraction of sp³-hybridized carbons (Fsp3) is 0.769. The second-order valence-corrected chi connectivity index (χ2v) is 4.77. The van der Waals surface area contributed by atoms with Gasteiger partial charge < -0.3 is 15.0 Å². The summed E-state index contributed by atoms with van der Waals surface area (Å²) in [6.45, 7) is 6.16. The van der Waals surface area contributed by atoms with Gasteiger partial charge in [-0.05, 0) is 19.3 Å². The second kappa shape index (κ2) is 5.65. The van der Waals surface area contributed by atoms with Crippen LogP contribution in [0.1, 0.15) is 45.0 Å². The number of nitrogens with two attached hydrogens (primary N) is 1. The van der Waals surface area contributed by atoms with Crippen LogP contribution in [0.3, 0.4) is 0 Å². The molecule has 1 aliphatic rings. The number of rotatable bonds is 5. The maximum atomic E-state index is 6.38. The molecule has 0 spiro atoms. The molecule has 1 saturated heterocycles. The minimum atomic E-state index is 0.00370. The minimum absolute atomic E-state index is 0.00370. The predicted molar refractivity (Wildman–Crippen MR) is 67.6 cm³/mol. The van der Waals surface area contributed by atoms with Crippen molar-refractivity contribution in [2.24, 2.45) is 11.7 Å². The van der Waals surface area contributed by atoms with Crippen molar-refractivity contribution in [3.63, 3.8) is 0 Å². The molecule has 3 unspecified atom stereocenters. The Morgan fingerprint density at radius 1 is 1.59 bits per heavy atom. The van der Waals surface area contributed by atoms with E-state index in [1.807, 2.05) is 12.4 Å². The van der Waals surface area contributed by atoms with Crippen molar-refractivity contribution in [1.82, 2.24) is 9.55 Å². The van der Waals surface area contributed by atoms with Crippen molar-refractivity contribution in [2.45, 2.75) is 51.8 Å². The molecule has 3 atom stereocenters. The molecule has 2 rings (SSSR count). The summed E-state index contributed by atoms with van der Waals surface area (Å²) in [6, 6.07) is 0.00370. The van der Waals surface area contributed by atoms with Crippen molar-refractivity contribution < 1.29 is 4.74 Å². The zero-order valence-electron chi connectivity index (χ0n) is 10.8. The Labute approximate surface area is 103 Å². The molecule has 1 fully saturated rings. The van der Waals surface area contributed by atoms with E-state index in [0.29, 0.717) is 12.0 Å². The van der Waals surface area contributed by atoms with Gasteiger partial charge in [0.25, 0.3) is 0 Å². The maximum Gasteiger partial charge on any atom is 0.126 e. The van der Waals surface area contributed by atoms with Gasteiger partial charge in [-0.15, -0.1) is 0 Å². The van der Waals surface area contributed by atoms with Crippen LogP contribution in [0, 0.1) is 5.92 Å². The van der Waals surface area contributed by atoms with Crippen molar-refractivity contribution >= 4 is 0 Å². The molecule has 2 heterocycles. The summed E-state index contributed by atoms with van der Waals surface area (Å²) in [7, 11) is 0. The van der Waals surface area contributed by atoms with Crippen molar-refractivity contribution in [3.05, 3.63) is 18.2 Å². The first kappa shape index (κ1) is 12.6. The number of aryl methyl sites for hydroxylation is 1. The van der Waals surface area contributed by atoms with Crippen molar-refractivity contribution in [1.29, 1.82) is 0 Å². The van der Waals surface area contributed by atoms with Crippen LogP contribution in [0.25, 0.3) is 0 Å². The van der Waals surface area contributed by atoms with E-state index < -0.39 is 0 Å². The average molecular weight is 237 g/mol. The SMILES string of the molecule is CCCn1ccnc1C(N)C1CCOC1CC. The van der Waals surface area contributed by atoms with E-state index in [1.54, 1.807) is 0 Å². The third kappa shape index (κ3) is 2.53. The van der Waals surface area contributed by atoms with Crippen LogP contribution < -0.4 is 5.73 Å². The van der Waals surface area contributed by atoms with Gasteiger partial charge in [0.2, 0.25) is 0 Å². The van der Waals surface area contributed by atoms with E-state index in [9.17, 15) is 0 Å². The quantitative estimate of drug-likeness (QED) is 0.853. The molecule has 0 aliphatic carbocycles. The average Bonchev–Trinajstić information content (AvgIpc) is 2.96. The van der Waals surface area contributed by atoms with Gasteiger partial charge in [0, 0.05) is 31.5 Å². The normalized spacial score (nSPS) is 26.3. The molecule has 0 saturated carbocycles. The second-order valence-electron chi connectivity index (χ2n) is 4.77. The molecule has 1 aliphatic heterocycles. The predicted octanol–water partition coefficient (Wildman–Crippen LogP) is 2.11. The van der Waals surface area contributed by atoms with Gasteiger partial charge in [0.1, 0.15) is 5.82 Å². The van der Waals surface area contributed by atoms with E-state index in [2.05, 4.69) is 23.4 Å². The Hall–Kier alpha value is -0.870. The van der Waals surface area contributed by atoms with Crippen molar-refractivity contribution in [2.75, 3.05) is 6.61 Å². The first-order valence-electron chi connectivity index (χ1n) is 6.66. The monoisotopic (exact) mass is 237 g/mol. The molecule has 96 valence electrons. The highest BCUT2D eigenvalue weighted by molar-refractivity contribution is 5.03. The van der Waals surface area contributed by atoms with Crippen LogP contribution in [0.15, 0.2) is 12.4 Å². The summed E-state index contributed by atoms with van der Waals surface area (Å²) in [6.07, 6.45) is 7.37. The molecule has 2 N–H and O–H groups in total. The Balaban J connectivity index is 2.12. The van der Waals surface area contributed by atoms with Gasteiger partial charge in [-0.3, -0.25) is 0 Å². The van der Waals surface area contributed by atoms with Gasteiger partial charge in [0.05, 0.1) is 12.1 Å². The molecule has 0 radical (unpaired) electrons. The lowest BCUT2D eigenvalue weighted by atomic mass is 9.91. The van der Waals surface area contributed by atoms with Gasteiger partial charge in [-0.25, -0.2) is 4.98 Å². The van der Waals surface area contributed by atoms with Gasteiger partial charge >= 0.3 is 0 Å². The van der Waals surface area contributed by atoms with Crippen LogP contribution in [-0.4, -0.2) is 22.3 Å². The van der Waals surface area contributed by atoms with Crippen LogP contribution in [-0.2, 0) is 11.3 Å². The highest BCUT2D eigenvalue weighted by Crippen LogP contribution is 2.32. The summed E-state index contributed by atoms with van der Waals surface area (Å²) in [5.41, 5.74) is 6.38. The smallest absolute Gasteiger partial charge is 0.126 e. The number of ether oxygens (including phenoxy) is 1. The topological polar surface area (TPSA) is 53.1 Å². The van der Waals surface area contributed by atoms with E-state index in [-0.39, 0.29) is 6.04 Å². The van der Waals surface area contributed by atoms with Gasteiger partial charge in [-0.2, -0.15) is 0 Å². The molecule has 0 bridgehead atoms. The van der Waals surface area contributed by atoms with E-state index in [0.717, 1.165) is 38.2 Å². The number of hydrogen-bond acceptors (Lipinski definition) is 3. The minimum Gasteiger partial charge on any atom is -0.378 e. The molecule has 1 aromatic rings. The zero-order chi connectivity index (χ0) is 12.3. The largest absolute Gasteiger partial charge is 0.378 e. The lowest BCUT2D eigenvalue weighted by Gasteiger charge is -2.24. The van der Waals surface area contributed by atoms with Crippen LogP contribution in [0.5, 0.6) is 0 Å². The highest BCUT2D eigenvalue weighted by atomic mass is 16.5. The molecule has 4 heteroatoms. The van der Waals surface area contributed by atoms with E-state index >= 15 is 0 Å². The van der Waals surface area contributed by atoms with Crippen LogP contribution >= 0.6 is 0 Å². The third-order valence-electron chi connectivity index (χ3n) is 3.63. The van der Waals surface area contributed by atoms with Crippen LogP contribution in [0.4, 0.5) is 0 Å². The Bertz CT molecular complexity index is 350. The molecule has 0 aromatic carbocycles. The Morgan fingerprint density at radius 2 is 2.41 bits per heavy atom. The highest BCUT2D eigenvalue weighted by Gasteiger charge is 2.34. The standard InChI is InChI=1S/C13H23N3O/c1-3-7-16-8-6-15-13(16)12(14)10-5-9-17-11(10)4-2/h6,8,10-12H,3-5,7,9,14H2,1-2H3. The molecule has 1 aromatic heterocycles. The third-order valence-corrected chi connectivity index (χ3v) is 3.63. The van der Waals surface area contributed by atoms with Gasteiger partial charge in [0.15, 0.2) is 0 Å². The number of aromatic nitrogens is 2. The van der Waals surface area contributed by atoms with E-state index in [4.69, 9.17) is 10.5 Å². The van der Waals surface area contributed by atoms with Crippen LogP contribution in [0.2, 0.25) is 0 Å². The molecule has 4 nitrogen and oxygen atoms in total. The number of nitrogens with zero attached hydrogens (tertiary/aromatic N) is 2. The first-order chi connectivity index (χ1) is 8.27. The summed E-state index contributed by atoms with van der Waals surface area (Å²) in [5, 5.41) is 0. The lowest BCUT2D eigenvalue weighted by molar-refractivity contribution is 0.0802. The Morgan fingerprint density at radius 3 is 3.12 bits per heavy atom. The fourth-order valence-corrected chi connectivity index (χ4v) is 2.74. The fourth-order valence-electron chi connectivity index (χ4n) is 2.74. The van der Waals surface area contributed by atoms with Gasteiger partial charge in [-0.1, -0.05) is 13.8 Å². The summed E-state index contributed by atoms with van der Waals surface area (Å²) in [4.78, 5) is 4.43. The first-order valence-corrected chi connectivity index (χ1v) is 6.66. The molecular weight excluding hydrogens is 214 g/mol. The zero-order valence-corrected chi connectivity index (χ0v) is 10.8. The lowest BCUT2D eigenvalue weighted by Crippen LogP contribution is -2.30. The number of hydrogen-bond donors (Lipinski definition) is 1. The van der Waals surface area contributed by atoms with E-state index in [1.165, 1.54) is 0 Å². The van der Waals surface area contributed by atoms with Crippen molar-refractivity contribution in [3.8, 4) is 0 Å². The molecular formula is C13H23N3O. The summed E-state index contributed by atoms with van der Waals surface area (Å²) >= 11 is 0. The Kier molecular flexibility index (Phi) is 4.18.